The fourth-order valence-corrected chi connectivity index (χ4v) is 4.08. The molecule has 108 valence electrons. The van der Waals surface area contributed by atoms with Crippen LogP contribution >= 0.6 is 0 Å². The first-order valence-electron chi connectivity index (χ1n) is 6.73. The zero-order valence-corrected chi connectivity index (χ0v) is 12.2. The average molecular weight is 278 g/mol. The summed E-state index contributed by atoms with van der Waals surface area (Å²) in [6.07, 6.45) is 2.64. The summed E-state index contributed by atoms with van der Waals surface area (Å²) >= 11 is 0. The summed E-state index contributed by atoms with van der Waals surface area (Å²) in [5.41, 5.74) is 0. The molecule has 0 aliphatic carbocycles. The summed E-state index contributed by atoms with van der Waals surface area (Å²) in [6, 6.07) is 0.269. The van der Waals surface area contributed by atoms with Gasteiger partial charge in [0.05, 0.1) is 18.1 Å². The molecule has 1 saturated heterocycles. The van der Waals surface area contributed by atoms with Crippen LogP contribution in [-0.2, 0) is 9.84 Å². The van der Waals surface area contributed by atoms with Crippen LogP contribution in [0.4, 0.5) is 0 Å². The Kier molecular flexibility index (Phi) is 6.55. The molecular formula is C12H26N2O3S. The fourth-order valence-electron chi connectivity index (χ4n) is 2.27. The van der Waals surface area contributed by atoms with Crippen molar-refractivity contribution in [3.05, 3.63) is 0 Å². The second-order valence-corrected chi connectivity index (χ2v) is 7.39. The lowest BCUT2D eigenvalue weighted by molar-refractivity contribution is 0.201. The van der Waals surface area contributed by atoms with Crippen molar-refractivity contribution < 1.29 is 13.5 Å². The molecule has 2 unspecified atom stereocenters. The standard InChI is InChI=1S/C12H26N2O3S/c1-3-6-13-11(9-15)4-7-14(2)12-5-8-18(16,17)10-12/h11-13,15H,3-10H2,1-2H3. The van der Waals surface area contributed by atoms with E-state index in [-0.39, 0.29) is 24.4 Å². The van der Waals surface area contributed by atoms with E-state index in [0.29, 0.717) is 5.75 Å². The second kappa shape index (κ2) is 7.43. The van der Waals surface area contributed by atoms with Crippen molar-refractivity contribution in [2.45, 2.75) is 38.3 Å². The Balaban J connectivity index is 2.29. The number of aliphatic hydroxyl groups excluding tert-OH is 1. The van der Waals surface area contributed by atoms with Crippen LogP contribution in [0.3, 0.4) is 0 Å². The summed E-state index contributed by atoms with van der Waals surface area (Å²) < 4.78 is 22.8. The average Bonchev–Trinajstić information content (AvgIpc) is 2.70. The highest BCUT2D eigenvalue weighted by Crippen LogP contribution is 2.16. The number of nitrogens with zero attached hydrogens (tertiary/aromatic N) is 1. The molecule has 2 N–H and O–H groups in total. The summed E-state index contributed by atoms with van der Waals surface area (Å²) in [7, 11) is -0.833. The lowest BCUT2D eigenvalue weighted by Crippen LogP contribution is -2.39. The van der Waals surface area contributed by atoms with Crippen molar-refractivity contribution in [1.29, 1.82) is 0 Å². The highest BCUT2D eigenvalue weighted by Gasteiger charge is 2.30. The zero-order chi connectivity index (χ0) is 13.6. The van der Waals surface area contributed by atoms with Gasteiger partial charge in [-0.1, -0.05) is 6.92 Å². The summed E-state index contributed by atoms with van der Waals surface area (Å²) in [5.74, 6) is 0.606. The van der Waals surface area contributed by atoms with Gasteiger partial charge >= 0.3 is 0 Å². The highest BCUT2D eigenvalue weighted by molar-refractivity contribution is 7.91. The molecule has 1 heterocycles. The predicted octanol–water partition coefficient (Wildman–Crippen LogP) is -0.144. The second-order valence-electron chi connectivity index (χ2n) is 5.16. The van der Waals surface area contributed by atoms with Crippen molar-refractivity contribution in [3.8, 4) is 0 Å². The normalized spacial score (nSPS) is 24.6. The van der Waals surface area contributed by atoms with E-state index in [9.17, 15) is 13.5 Å². The number of aliphatic hydroxyl groups is 1. The van der Waals surface area contributed by atoms with Gasteiger partial charge in [-0.25, -0.2) is 8.42 Å². The van der Waals surface area contributed by atoms with E-state index >= 15 is 0 Å². The Hall–Kier alpha value is -0.170. The molecular weight excluding hydrogens is 252 g/mol. The lowest BCUT2D eigenvalue weighted by atomic mass is 10.1. The number of rotatable bonds is 8. The largest absolute Gasteiger partial charge is 0.395 e. The zero-order valence-electron chi connectivity index (χ0n) is 11.4. The smallest absolute Gasteiger partial charge is 0.151 e. The van der Waals surface area contributed by atoms with Gasteiger partial charge in [-0.15, -0.1) is 0 Å². The molecule has 1 aliphatic heterocycles. The quantitative estimate of drug-likeness (QED) is 0.646. The van der Waals surface area contributed by atoms with Crippen LogP contribution in [0.15, 0.2) is 0 Å². The van der Waals surface area contributed by atoms with Crippen molar-refractivity contribution in [1.82, 2.24) is 10.2 Å². The molecule has 18 heavy (non-hydrogen) atoms. The molecule has 2 atom stereocenters. The van der Waals surface area contributed by atoms with Crippen molar-refractivity contribution >= 4 is 9.84 Å². The first-order chi connectivity index (χ1) is 8.48. The Morgan fingerprint density at radius 2 is 2.22 bits per heavy atom. The van der Waals surface area contributed by atoms with E-state index in [1.54, 1.807) is 0 Å². The molecule has 0 aromatic heterocycles. The minimum absolute atomic E-state index is 0.116. The van der Waals surface area contributed by atoms with Gasteiger partial charge in [0.15, 0.2) is 9.84 Å². The van der Waals surface area contributed by atoms with Crippen LogP contribution in [0, 0.1) is 0 Å². The minimum atomic E-state index is -2.81. The topological polar surface area (TPSA) is 69.6 Å². The molecule has 0 radical (unpaired) electrons. The van der Waals surface area contributed by atoms with Crippen LogP contribution < -0.4 is 5.32 Å². The molecule has 0 spiro atoms. The molecule has 0 bridgehead atoms. The molecule has 1 rings (SSSR count). The molecule has 1 fully saturated rings. The third-order valence-corrected chi connectivity index (χ3v) is 5.32. The van der Waals surface area contributed by atoms with Crippen molar-refractivity contribution in [3.63, 3.8) is 0 Å². The Morgan fingerprint density at radius 3 is 2.72 bits per heavy atom. The summed E-state index contributed by atoms with van der Waals surface area (Å²) in [6.45, 7) is 3.96. The Bertz CT molecular complexity index is 332. The van der Waals surface area contributed by atoms with Gasteiger partial charge in [0.1, 0.15) is 0 Å². The van der Waals surface area contributed by atoms with E-state index in [4.69, 9.17) is 0 Å². The van der Waals surface area contributed by atoms with Crippen molar-refractivity contribution in [2.24, 2.45) is 0 Å². The van der Waals surface area contributed by atoms with Crippen LogP contribution in [0.25, 0.3) is 0 Å². The van der Waals surface area contributed by atoms with Gasteiger partial charge < -0.3 is 15.3 Å². The highest BCUT2D eigenvalue weighted by atomic mass is 32.2. The minimum Gasteiger partial charge on any atom is -0.395 e. The van der Waals surface area contributed by atoms with E-state index in [2.05, 4.69) is 17.1 Å². The maximum Gasteiger partial charge on any atom is 0.151 e. The van der Waals surface area contributed by atoms with E-state index in [1.165, 1.54) is 0 Å². The SMILES string of the molecule is CCCNC(CO)CCN(C)C1CCS(=O)(=O)C1. The first-order valence-corrected chi connectivity index (χ1v) is 8.55. The number of hydrogen-bond acceptors (Lipinski definition) is 5. The van der Waals surface area contributed by atoms with Crippen molar-refractivity contribution in [2.75, 3.05) is 38.2 Å². The maximum atomic E-state index is 11.4. The number of hydrogen-bond donors (Lipinski definition) is 2. The van der Waals surface area contributed by atoms with Crippen LogP contribution in [0.1, 0.15) is 26.2 Å². The Labute approximate surface area is 110 Å². The molecule has 5 nitrogen and oxygen atoms in total. The fraction of sp³-hybridized carbons (Fsp3) is 1.00. The molecule has 0 amide bonds. The van der Waals surface area contributed by atoms with Crippen LogP contribution in [-0.4, -0.2) is 68.8 Å². The molecule has 6 heteroatoms. The molecule has 0 aromatic carbocycles. The first kappa shape index (κ1) is 15.9. The van der Waals surface area contributed by atoms with Gasteiger partial charge in [0.25, 0.3) is 0 Å². The van der Waals surface area contributed by atoms with Gasteiger partial charge in [-0.2, -0.15) is 0 Å². The summed E-state index contributed by atoms with van der Waals surface area (Å²) in [5, 5.41) is 12.5. The maximum absolute atomic E-state index is 11.4. The van der Waals surface area contributed by atoms with Gasteiger partial charge in [-0.05, 0) is 39.4 Å². The van der Waals surface area contributed by atoms with Gasteiger partial charge in [0, 0.05) is 12.1 Å². The van der Waals surface area contributed by atoms with Crippen LogP contribution in [0.2, 0.25) is 0 Å². The lowest BCUT2D eigenvalue weighted by Gasteiger charge is -2.25. The van der Waals surface area contributed by atoms with E-state index in [1.807, 2.05) is 7.05 Å². The number of sulfone groups is 1. The molecule has 1 aliphatic rings. The van der Waals surface area contributed by atoms with E-state index < -0.39 is 9.84 Å². The third-order valence-electron chi connectivity index (χ3n) is 3.57. The molecule has 0 aromatic rings. The van der Waals surface area contributed by atoms with Crippen LogP contribution in [0.5, 0.6) is 0 Å². The predicted molar refractivity (Wildman–Crippen MR) is 73.5 cm³/mol. The van der Waals surface area contributed by atoms with E-state index in [0.717, 1.165) is 32.4 Å². The molecule has 0 saturated carbocycles. The van der Waals surface area contributed by atoms with Gasteiger partial charge in [-0.3, -0.25) is 0 Å². The third kappa shape index (κ3) is 5.22. The summed E-state index contributed by atoms with van der Waals surface area (Å²) in [4.78, 5) is 2.11. The number of nitrogens with one attached hydrogen (secondary N) is 1. The monoisotopic (exact) mass is 278 g/mol. The Morgan fingerprint density at radius 1 is 1.50 bits per heavy atom. The van der Waals surface area contributed by atoms with Gasteiger partial charge in [0.2, 0.25) is 0 Å².